The second-order valence-electron chi connectivity index (χ2n) is 5.34. The molecule has 0 bridgehead atoms. The third-order valence-electron chi connectivity index (χ3n) is 4.00. The van der Waals surface area contributed by atoms with Crippen molar-refractivity contribution in [3.63, 3.8) is 0 Å². The minimum absolute atomic E-state index is 0.393. The molecule has 18 heavy (non-hydrogen) atoms. The fourth-order valence-electron chi connectivity index (χ4n) is 2.83. The molecule has 1 atom stereocenters. The molecule has 1 aliphatic carbocycles. The van der Waals surface area contributed by atoms with E-state index in [0.717, 1.165) is 12.8 Å². The Bertz CT molecular complexity index is 401. The highest BCUT2D eigenvalue weighted by atomic mass is 15.0. The van der Waals surface area contributed by atoms with E-state index in [4.69, 9.17) is 0 Å². The van der Waals surface area contributed by atoms with Gasteiger partial charge in [-0.15, -0.1) is 0 Å². The standard InChI is InChI=1S/C16H22N2/c1-2-16(13-17,18-15-10-6-7-11-15)12-14-8-4-3-5-9-14/h3-5,8-9,15,18H,2,6-7,10-12H2,1H3. The zero-order valence-corrected chi connectivity index (χ0v) is 11.2. The van der Waals surface area contributed by atoms with Gasteiger partial charge in [-0.1, -0.05) is 50.1 Å². The smallest absolute Gasteiger partial charge is 0.110 e. The fourth-order valence-corrected chi connectivity index (χ4v) is 2.83. The van der Waals surface area contributed by atoms with Gasteiger partial charge in [0, 0.05) is 12.5 Å². The molecule has 1 unspecified atom stereocenters. The van der Waals surface area contributed by atoms with Crippen molar-refractivity contribution < 1.29 is 0 Å². The Labute approximate surface area is 110 Å². The first-order valence-corrected chi connectivity index (χ1v) is 7.01. The normalized spacial score (nSPS) is 19.3. The van der Waals surface area contributed by atoms with E-state index in [9.17, 15) is 5.26 Å². The highest BCUT2D eigenvalue weighted by molar-refractivity contribution is 5.22. The molecule has 1 aromatic carbocycles. The highest BCUT2D eigenvalue weighted by Gasteiger charge is 2.31. The molecule has 96 valence electrons. The SMILES string of the molecule is CCC(C#N)(Cc1ccccc1)NC1CCCC1. The monoisotopic (exact) mass is 242 g/mol. The van der Waals surface area contributed by atoms with Crippen LogP contribution in [0.1, 0.15) is 44.6 Å². The van der Waals surface area contributed by atoms with E-state index in [1.807, 2.05) is 18.2 Å². The largest absolute Gasteiger partial charge is 0.296 e. The summed E-state index contributed by atoms with van der Waals surface area (Å²) in [5, 5.41) is 13.2. The van der Waals surface area contributed by atoms with Crippen LogP contribution in [-0.4, -0.2) is 11.6 Å². The van der Waals surface area contributed by atoms with Crippen molar-refractivity contribution in [3.8, 4) is 6.07 Å². The predicted octanol–water partition coefficient (Wildman–Crippen LogP) is 3.43. The summed E-state index contributed by atoms with van der Waals surface area (Å²) in [7, 11) is 0. The van der Waals surface area contributed by atoms with Crippen LogP contribution in [0.25, 0.3) is 0 Å². The molecule has 2 rings (SSSR count). The van der Waals surface area contributed by atoms with Gasteiger partial charge >= 0.3 is 0 Å². The van der Waals surface area contributed by atoms with E-state index in [-0.39, 0.29) is 0 Å². The van der Waals surface area contributed by atoms with Gasteiger partial charge < -0.3 is 0 Å². The lowest BCUT2D eigenvalue weighted by Gasteiger charge is -2.30. The van der Waals surface area contributed by atoms with Crippen molar-refractivity contribution in [2.75, 3.05) is 0 Å². The van der Waals surface area contributed by atoms with E-state index >= 15 is 0 Å². The first-order chi connectivity index (χ1) is 8.78. The van der Waals surface area contributed by atoms with E-state index in [0.29, 0.717) is 6.04 Å². The van der Waals surface area contributed by atoms with Gasteiger partial charge in [-0.05, 0) is 24.8 Å². The quantitative estimate of drug-likeness (QED) is 0.858. The fraction of sp³-hybridized carbons (Fsp3) is 0.562. The van der Waals surface area contributed by atoms with E-state index < -0.39 is 5.54 Å². The third kappa shape index (κ3) is 3.11. The van der Waals surface area contributed by atoms with Crippen LogP contribution in [-0.2, 0) is 6.42 Å². The van der Waals surface area contributed by atoms with Crippen LogP contribution in [0, 0.1) is 11.3 Å². The lowest BCUT2D eigenvalue weighted by atomic mass is 9.88. The molecule has 1 aromatic rings. The number of rotatable bonds is 5. The molecular formula is C16H22N2. The molecule has 0 heterocycles. The third-order valence-corrected chi connectivity index (χ3v) is 4.00. The maximum absolute atomic E-state index is 9.59. The van der Waals surface area contributed by atoms with Crippen LogP contribution < -0.4 is 5.32 Å². The van der Waals surface area contributed by atoms with Crippen molar-refractivity contribution in [3.05, 3.63) is 35.9 Å². The zero-order chi connectivity index (χ0) is 12.8. The topological polar surface area (TPSA) is 35.8 Å². The Morgan fingerprint density at radius 1 is 1.28 bits per heavy atom. The highest BCUT2D eigenvalue weighted by Crippen LogP contribution is 2.24. The van der Waals surface area contributed by atoms with Crippen molar-refractivity contribution in [1.29, 1.82) is 5.26 Å². The van der Waals surface area contributed by atoms with Gasteiger partial charge in [-0.2, -0.15) is 5.26 Å². The molecule has 2 heteroatoms. The van der Waals surface area contributed by atoms with Crippen LogP contribution in [0.3, 0.4) is 0 Å². The van der Waals surface area contributed by atoms with E-state index in [2.05, 4.69) is 30.4 Å². The Morgan fingerprint density at radius 2 is 1.94 bits per heavy atom. The molecule has 1 fully saturated rings. The molecule has 1 N–H and O–H groups in total. The van der Waals surface area contributed by atoms with Crippen LogP contribution in [0.2, 0.25) is 0 Å². The van der Waals surface area contributed by atoms with Gasteiger partial charge in [0.1, 0.15) is 5.54 Å². The first-order valence-electron chi connectivity index (χ1n) is 7.01. The van der Waals surface area contributed by atoms with Gasteiger partial charge in [0.15, 0.2) is 0 Å². The van der Waals surface area contributed by atoms with Crippen LogP contribution in [0.4, 0.5) is 0 Å². The average Bonchev–Trinajstić information content (AvgIpc) is 2.92. The minimum atomic E-state index is -0.393. The summed E-state index contributed by atoms with van der Waals surface area (Å²) in [6, 6.07) is 13.4. The summed E-state index contributed by atoms with van der Waals surface area (Å²) in [4.78, 5) is 0. The molecule has 2 nitrogen and oxygen atoms in total. The summed E-state index contributed by atoms with van der Waals surface area (Å²) in [5.74, 6) is 0. The van der Waals surface area contributed by atoms with Crippen LogP contribution >= 0.6 is 0 Å². The van der Waals surface area contributed by atoms with Crippen LogP contribution in [0.5, 0.6) is 0 Å². The second kappa shape index (κ2) is 6.02. The molecular weight excluding hydrogens is 220 g/mol. The summed E-state index contributed by atoms with van der Waals surface area (Å²) in [6.07, 6.45) is 6.70. The Kier molecular flexibility index (Phi) is 4.38. The number of nitrogens with zero attached hydrogens (tertiary/aromatic N) is 1. The lowest BCUT2D eigenvalue weighted by Crippen LogP contribution is -2.49. The van der Waals surface area contributed by atoms with Gasteiger partial charge in [0.05, 0.1) is 6.07 Å². The molecule has 1 saturated carbocycles. The van der Waals surface area contributed by atoms with Crippen molar-refractivity contribution in [2.24, 2.45) is 0 Å². The maximum Gasteiger partial charge on any atom is 0.110 e. The van der Waals surface area contributed by atoms with E-state index in [1.54, 1.807) is 0 Å². The van der Waals surface area contributed by atoms with Gasteiger partial charge in [0.25, 0.3) is 0 Å². The van der Waals surface area contributed by atoms with Gasteiger partial charge in [-0.3, -0.25) is 5.32 Å². The van der Waals surface area contributed by atoms with Gasteiger partial charge in [0.2, 0.25) is 0 Å². The second-order valence-corrected chi connectivity index (χ2v) is 5.34. The molecule has 1 aliphatic rings. The maximum atomic E-state index is 9.59. The molecule has 0 radical (unpaired) electrons. The summed E-state index contributed by atoms with van der Waals surface area (Å²) in [5.41, 5.74) is 0.850. The molecule has 0 saturated heterocycles. The van der Waals surface area contributed by atoms with Gasteiger partial charge in [-0.25, -0.2) is 0 Å². The van der Waals surface area contributed by atoms with Crippen molar-refractivity contribution in [1.82, 2.24) is 5.32 Å². The average molecular weight is 242 g/mol. The predicted molar refractivity (Wildman–Crippen MR) is 74.2 cm³/mol. The molecule has 0 aliphatic heterocycles. The molecule has 0 aromatic heterocycles. The Morgan fingerprint density at radius 3 is 2.50 bits per heavy atom. The number of nitriles is 1. The Balaban J connectivity index is 2.08. The zero-order valence-electron chi connectivity index (χ0n) is 11.2. The molecule has 0 amide bonds. The lowest BCUT2D eigenvalue weighted by molar-refractivity contribution is 0.342. The number of hydrogen-bond donors (Lipinski definition) is 1. The minimum Gasteiger partial charge on any atom is -0.296 e. The summed E-state index contributed by atoms with van der Waals surface area (Å²) < 4.78 is 0. The van der Waals surface area contributed by atoms with Crippen molar-refractivity contribution >= 4 is 0 Å². The van der Waals surface area contributed by atoms with Crippen LogP contribution in [0.15, 0.2) is 30.3 Å². The van der Waals surface area contributed by atoms with Crippen molar-refractivity contribution in [2.45, 2.75) is 57.0 Å². The van der Waals surface area contributed by atoms with E-state index in [1.165, 1.54) is 31.2 Å². The number of benzene rings is 1. The number of hydrogen-bond acceptors (Lipinski definition) is 2. The first kappa shape index (κ1) is 13.1. The molecule has 0 spiro atoms. The number of nitrogens with one attached hydrogen (secondary N) is 1. The summed E-state index contributed by atoms with van der Waals surface area (Å²) >= 11 is 0. The summed E-state index contributed by atoms with van der Waals surface area (Å²) in [6.45, 7) is 2.11. The Hall–Kier alpha value is -1.33.